The van der Waals surface area contributed by atoms with Crippen LogP contribution in [0.2, 0.25) is 0 Å². The van der Waals surface area contributed by atoms with Gasteiger partial charge in [-0.1, -0.05) is 52.3 Å². The number of halogens is 1. The van der Waals surface area contributed by atoms with Gasteiger partial charge in [-0.05, 0) is 39.0 Å². The number of nitrogens with one attached hydrogen (secondary N) is 1. The number of rotatable bonds is 4. The van der Waals surface area contributed by atoms with Crippen molar-refractivity contribution >= 4 is 31.9 Å². The van der Waals surface area contributed by atoms with Gasteiger partial charge in [0.1, 0.15) is 5.60 Å². The summed E-state index contributed by atoms with van der Waals surface area (Å²) in [5.74, 6) is 0. The van der Waals surface area contributed by atoms with Crippen molar-refractivity contribution in [3.8, 4) is 0 Å². The molecule has 0 aliphatic carbocycles. The summed E-state index contributed by atoms with van der Waals surface area (Å²) in [6.07, 6.45) is -0.798. The van der Waals surface area contributed by atoms with Crippen LogP contribution in [0.15, 0.2) is 64.0 Å². The molecule has 1 atom stereocenters. The van der Waals surface area contributed by atoms with Gasteiger partial charge in [-0.2, -0.15) is 0 Å². The van der Waals surface area contributed by atoms with Crippen LogP contribution in [0.1, 0.15) is 31.7 Å². The van der Waals surface area contributed by atoms with Gasteiger partial charge in [-0.15, -0.1) is 0 Å². The van der Waals surface area contributed by atoms with Gasteiger partial charge in [0.05, 0.1) is 4.90 Å². The molecule has 0 fully saturated rings. The van der Waals surface area contributed by atoms with E-state index in [1.54, 1.807) is 63.2 Å². The number of amides is 1. The molecule has 0 saturated heterocycles. The Morgan fingerprint density at radius 1 is 1.04 bits per heavy atom. The SMILES string of the molecule is CC(C)(C)OC(=O)NC(c1ccccc1Br)S(=O)(=O)c1ccccc1. The topological polar surface area (TPSA) is 72.5 Å². The zero-order chi connectivity index (χ0) is 18.7. The van der Waals surface area contributed by atoms with Crippen molar-refractivity contribution in [2.45, 2.75) is 36.6 Å². The van der Waals surface area contributed by atoms with Gasteiger partial charge in [-0.25, -0.2) is 13.2 Å². The quantitative estimate of drug-likeness (QED) is 0.785. The highest BCUT2D eigenvalue weighted by atomic mass is 79.9. The molecule has 0 spiro atoms. The Bertz CT molecular complexity index is 845. The maximum Gasteiger partial charge on any atom is 0.408 e. The number of carbonyl (C=O) groups excluding carboxylic acids is 1. The number of carbonyl (C=O) groups is 1. The van der Waals surface area contributed by atoms with E-state index < -0.39 is 26.9 Å². The summed E-state index contributed by atoms with van der Waals surface area (Å²) >= 11 is 3.36. The van der Waals surface area contributed by atoms with Crippen molar-refractivity contribution in [3.63, 3.8) is 0 Å². The third-order valence-electron chi connectivity index (χ3n) is 3.22. The molecule has 7 heteroatoms. The predicted molar refractivity (Wildman–Crippen MR) is 99.9 cm³/mol. The average molecular weight is 426 g/mol. The van der Waals surface area contributed by atoms with E-state index in [2.05, 4.69) is 21.2 Å². The second-order valence-corrected chi connectivity index (χ2v) is 9.29. The third-order valence-corrected chi connectivity index (χ3v) is 5.86. The van der Waals surface area contributed by atoms with Crippen molar-refractivity contribution in [1.29, 1.82) is 0 Å². The van der Waals surface area contributed by atoms with Gasteiger partial charge < -0.3 is 10.1 Å². The maximum atomic E-state index is 13.1. The van der Waals surface area contributed by atoms with E-state index >= 15 is 0 Å². The Morgan fingerprint density at radius 3 is 2.16 bits per heavy atom. The van der Waals surface area contributed by atoms with E-state index in [0.717, 1.165) is 0 Å². The molecule has 134 valence electrons. The summed E-state index contributed by atoms with van der Waals surface area (Å²) in [5.41, 5.74) is -0.309. The van der Waals surface area contributed by atoms with E-state index in [1.807, 2.05) is 0 Å². The van der Waals surface area contributed by atoms with Gasteiger partial charge >= 0.3 is 6.09 Å². The minimum Gasteiger partial charge on any atom is -0.444 e. The lowest BCUT2D eigenvalue weighted by molar-refractivity contribution is 0.0519. The normalized spacial score (nSPS) is 13.1. The van der Waals surface area contributed by atoms with Gasteiger partial charge in [0, 0.05) is 10.0 Å². The van der Waals surface area contributed by atoms with Crippen LogP contribution >= 0.6 is 15.9 Å². The number of sulfone groups is 1. The van der Waals surface area contributed by atoms with Crippen LogP contribution in [0, 0.1) is 0 Å². The molecule has 0 saturated carbocycles. The van der Waals surface area contributed by atoms with Crippen LogP contribution in [-0.4, -0.2) is 20.1 Å². The van der Waals surface area contributed by atoms with Gasteiger partial charge in [-0.3, -0.25) is 0 Å². The molecule has 0 aromatic heterocycles. The van der Waals surface area contributed by atoms with E-state index in [-0.39, 0.29) is 4.90 Å². The molecule has 0 aliphatic rings. The third kappa shape index (κ3) is 5.06. The fraction of sp³-hybridized carbons (Fsp3) is 0.278. The minimum absolute atomic E-state index is 0.117. The van der Waals surface area contributed by atoms with Crippen molar-refractivity contribution < 1.29 is 17.9 Å². The molecule has 1 N–H and O–H groups in total. The summed E-state index contributed by atoms with van der Waals surface area (Å²) < 4.78 is 32.0. The largest absolute Gasteiger partial charge is 0.444 e. The fourth-order valence-corrected chi connectivity index (χ4v) is 4.44. The number of benzene rings is 2. The first-order valence-corrected chi connectivity index (χ1v) is 9.98. The van der Waals surface area contributed by atoms with E-state index in [0.29, 0.717) is 10.0 Å². The first-order valence-electron chi connectivity index (χ1n) is 7.64. The summed E-state index contributed by atoms with van der Waals surface area (Å²) in [6, 6.07) is 14.8. The van der Waals surface area contributed by atoms with Crippen LogP contribution < -0.4 is 5.32 Å². The molecule has 0 heterocycles. The molecule has 1 unspecified atom stereocenters. The molecule has 0 bridgehead atoms. The van der Waals surface area contributed by atoms with Gasteiger partial charge in [0.15, 0.2) is 5.37 Å². The zero-order valence-corrected chi connectivity index (χ0v) is 16.6. The van der Waals surface area contributed by atoms with Crippen LogP contribution in [0.5, 0.6) is 0 Å². The van der Waals surface area contributed by atoms with E-state index in [1.165, 1.54) is 12.1 Å². The molecule has 0 aliphatic heterocycles. The van der Waals surface area contributed by atoms with E-state index in [9.17, 15) is 13.2 Å². The monoisotopic (exact) mass is 425 g/mol. The lowest BCUT2D eigenvalue weighted by atomic mass is 10.2. The van der Waals surface area contributed by atoms with Crippen molar-refractivity contribution in [1.82, 2.24) is 5.32 Å². The van der Waals surface area contributed by atoms with Crippen LogP contribution in [0.3, 0.4) is 0 Å². The second kappa shape index (κ2) is 7.58. The number of hydrogen-bond acceptors (Lipinski definition) is 4. The number of ether oxygens (including phenoxy) is 1. The summed E-state index contributed by atoms with van der Waals surface area (Å²) in [5, 5.41) is 1.21. The van der Waals surface area contributed by atoms with Crippen LogP contribution in [-0.2, 0) is 14.6 Å². The van der Waals surface area contributed by atoms with E-state index in [4.69, 9.17) is 4.74 Å². The maximum absolute atomic E-state index is 13.1. The van der Waals surface area contributed by atoms with Crippen LogP contribution in [0.25, 0.3) is 0 Å². The lowest BCUT2D eigenvalue weighted by Crippen LogP contribution is -2.38. The molecule has 2 aromatic rings. The molecule has 5 nitrogen and oxygen atoms in total. The Kier molecular flexibility index (Phi) is 5.90. The zero-order valence-electron chi connectivity index (χ0n) is 14.2. The number of hydrogen-bond donors (Lipinski definition) is 1. The summed E-state index contributed by atoms with van der Waals surface area (Å²) in [7, 11) is -3.87. The van der Waals surface area contributed by atoms with Crippen molar-refractivity contribution in [2.75, 3.05) is 0 Å². The first-order chi connectivity index (χ1) is 11.6. The molecule has 2 rings (SSSR count). The smallest absolute Gasteiger partial charge is 0.408 e. The molecular formula is C18H20BrNO4S. The summed E-state index contributed by atoms with van der Waals surface area (Å²) in [6.45, 7) is 5.14. The van der Waals surface area contributed by atoms with Crippen LogP contribution in [0.4, 0.5) is 4.79 Å². The highest BCUT2D eigenvalue weighted by Crippen LogP contribution is 2.31. The van der Waals surface area contributed by atoms with Gasteiger partial charge in [0.25, 0.3) is 0 Å². The highest BCUT2D eigenvalue weighted by molar-refractivity contribution is 9.10. The molecular weight excluding hydrogens is 406 g/mol. The van der Waals surface area contributed by atoms with Gasteiger partial charge in [0.2, 0.25) is 9.84 Å². The Morgan fingerprint density at radius 2 is 1.60 bits per heavy atom. The average Bonchev–Trinajstić information content (AvgIpc) is 2.52. The minimum atomic E-state index is -3.87. The molecule has 25 heavy (non-hydrogen) atoms. The fourth-order valence-electron chi connectivity index (χ4n) is 2.17. The Balaban J connectivity index is 2.47. The number of alkyl carbamates (subject to hydrolysis) is 1. The van der Waals surface area contributed by atoms with Crippen molar-refractivity contribution in [2.24, 2.45) is 0 Å². The Labute approximate surface area is 156 Å². The standard InChI is InChI=1S/C18H20BrNO4S/c1-18(2,3)24-17(21)20-16(14-11-7-8-12-15(14)19)25(22,23)13-9-5-4-6-10-13/h4-12,16H,1-3H3,(H,20,21). The Hall–Kier alpha value is -1.86. The van der Waals surface area contributed by atoms with Crippen molar-refractivity contribution in [3.05, 3.63) is 64.6 Å². The lowest BCUT2D eigenvalue weighted by Gasteiger charge is -2.24. The first kappa shape index (κ1) is 19.5. The molecule has 1 amide bonds. The highest BCUT2D eigenvalue weighted by Gasteiger charge is 2.33. The predicted octanol–water partition coefficient (Wildman–Crippen LogP) is 4.45. The molecule has 2 aromatic carbocycles. The molecule has 0 radical (unpaired) electrons. The second-order valence-electron chi connectivity index (χ2n) is 6.41. The summed E-state index contributed by atoms with van der Waals surface area (Å²) in [4.78, 5) is 12.3.